The summed E-state index contributed by atoms with van der Waals surface area (Å²) >= 11 is 5.84. The molecule has 0 amide bonds. The van der Waals surface area contributed by atoms with E-state index >= 15 is 0 Å². The van der Waals surface area contributed by atoms with Gasteiger partial charge in [-0.1, -0.05) is 11.6 Å². The van der Waals surface area contributed by atoms with Gasteiger partial charge in [0.05, 0.1) is 19.7 Å². The highest BCUT2D eigenvalue weighted by Gasteiger charge is 2.19. The van der Waals surface area contributed by atoms with Crippen molar-refractivity contribution in [2.45, 2.75) is 6.92 Å². The molecule has 1 N–H and O–H groups in total. The molecule has 6 heteroatoms. The molecule has 0 unspecified atom stereocenters. The minimum absolute atomic E-state index is 0.0127. The van der Waals surface area contributed by atoms with E-state index in [4.69, 9.17) is 17.7 Å². The van der Waals surface area contributed by atoms with E-state index in [-0.39, 0.29) is 23.6 Å². The maximum Gasteiger partial charge on any atom is 0.338 e. The van der Waals surface area contributed by atoms with Crippen LogP contribution in [0.4, 0.5) is 0 Å². The molecule has 0 spiro atoms. The van der Waals surface area contributed by atoms with Crippen molar-refractivity contribution >= 4 is 17.6 Å². The summed E-state index contributed by atoms with van der Waals surface area (Å²) in [5.41, 5.74) is 1.39. The number of nitrogens with zero attached hydrogens (tertiary/aromatic N) is 2. The molecule has 98 valence electrons. The number of hydrogen-bond acceptors (Lipinski definition) is 4. The Kier molecular flexibility index (Phi) is 3.29. The molecule has 2 aromatic rings. The summed E-state index contributed by atoms with van der Waals surface area (Å²) in [6.07, 6.45) is 2.74. The number of carboxylic acid groups (broad SMARTS) is 1. The molecule has 2 rings (SSSR count). The van der Waals surface area contributed by atoms with Crippen LogP contribution in [-0.4, -0.2) is 28.1 Å². The molecule has 2 heterocycles. The Morgan fingerprint density at radius 1 is 1.53 bits per heavy atom. The fraction of sp³-hybridized carbons (Fsp3) is 0.154. The molecule has 0 radical (unpaired) electrons. The molecule has 0 aliphatic heterocycles. The Labute approximate surface area is 116 Å². The number of rotatable bonds is 3. The van der Waals surface area contributed by atoms with Crippen molar-refractivity contribution in [1.82, 2.24) is 9.97 Å². The van der Waals surface area contributed by atoms with Crippen molar-refractivity contribution in [1.29, 1.82) is 0 Å². The van der Waals surface area contributed by atoms with Crippen molar-refractivity contribution in [3.63, 3.8) is 0 Å². The minimum Gasteiger partial charge on any atom is -0.494 e. The van der Waals surface area contributed by atoms with Crippen molar-refractivity contribution in [2.75, 3.05) is 7.09 Å². The van der Waals surface area contributed by atoms with Crippen LogP contribution in [0.5, 0.6) is 5.75 Å². The lowest BCUT2D eigenvalue weighted by Gasteiger charge is -2.13. The van der Waals surface area contributed by atoms with Gasteiger partial charge in [0.25, 0.3) is 0 Å². The van der Waals surface area contributed by atoms with Crippen LogP contribution in [0.25, 0.3) is 11.1 Å². The van der Waals surface area contributed by atoms with Crippen molar-refractivity contribution in [3.8, 4) is 16.9 Å². The quantitative estimate of drug-likeness (QED) is 0.875. The smallest absolute Gasteiger partial charge is 0.338 e. The summed E-state index contributed by atoms with van der Waals surface area (Å²) in [6.45, 7) is 1.68. The largest absolute Gasteiger partial charge is 0.494 e. The van der Waals surface area contributed by atoms with E-state index in [0.29, 0.717) is 16.8 Å². The number of pyridine rings is 2. The van der Waals surface area contributed by atoms with Crippen molar-refractivity contribution in [2.24, 2.45) is 0 Å². The number of halogens is 1. The zero-order valence-electron chi connectivity index (χ0n) is 11.1. The minimum atomic E-state index is -1.13. The van der Waals surface area contributed by atoms with Gasteiger partial charge in [-0.05, 0) is 24.6 Å². The van der Waals surface area contributed by atoms with E-state index in [9.17, 15) is 9.90 Å². The first-order valence-corrected chi connectivity index (χ1v) is 5.69. The average molecular weight is 280 g/mol. The topological polar surface area (TPSA) is 72.3 Å². The number of hydrogen-bond donors (Lipinski definition) is 1. The third-order valence-electron chi connectivity index (χ3n) is 2.60. The summed E-state index contributed by atoms with van der Waals surface area (Å²) in [4.78, 5) is 19.2. The molecule has 0 saturated carbocycles. The molecule has 0 atom stereocenters. The second-order valence-corrected chi connectivity index (χ2v) is 4.17. The lowest BCUT2D eigenvalue weighted by atomic mass is 10.0. The number of aromatic carboxylic acids is 1. The van der Waals surface area contributed by atoms with Gasteiger partial charge in [0.1, 0.15) is 10.9 Å². The van der Waals surface area contributed by atoms with Gasteiger partial charge < -0.3 is 9.84 Å². The maximum atomic E-state index is 11.4. The van der Waals surface area contributed by atoms with Gasteiger partial charge in [0.15, 0.2) is 0 Å². The van der Waals surface area contributed by atoms with E-state index in [0.717, 1.165) is 0 Å². The third kappa shape index (κ3) is 2.51. The summed E-state index contributed by atoms with van der Waals surface area (Å²) in [5.74, 6) is -0.863. The van der Waals surface area contributed by atoms with Gasteiger partial charge in [0.2, 0.25) is 0 Å². The second-order valence-electron chi connectivity index (χ2n) is 3.78. The van der Waals surface area contributed by atoms with Crippen LogP contribution in [0, 0.1) is 6.92 Å². The molecular weight excluding hydrogens is 268 g/mol. The summed E-state index contributed by atoms with van der Waals surface area (Å²) in [5, 5.41) is 9.53. The SMILES string of the molecule is [2H]COc1c(C)ncc(C(=O)O)c1-c1ccnc(Cl)c1. The van der Waals surface area contributed by atoms with Crippen LogP contribution in [0.15, 0.2) is 24.5 Å². The van der Waals surface area contributed by atoms with Crippen LogP contribution in [0.2, 0.25) is 5.15 Å². The third-order valence-corrected chi connectivity index (χ3v) is 2.81. The van der Waals surface area contributed by atoms with Gasteiger partial charge in [-0.15, -0.1) is 0 Å². The summed E-state index contributed by atoms with van der Waals surface area (Å²) in [7, 11) is -0.336. The first-order valence-electron chi connectivity index (χ1n) is 6.02. The number of aryl methyl sites for hydroxylation is 1. The van der Waals surface area contributed by atoms with Crippen molar-refractivity contribution in [3.05, 3.63) is 40.9 Å². The Morgan fingerprint density at radius 2 is 2.32 bits per heavy atom. The first kappa shape index (κ1) is 11.9. The zero-order valence-corrected chi connectivity index (χ0v) is 10.8. The normalized spacial score (nSPS) is 10.9. The highest BCUT2D eigenvalue weighted by Crippen LogP contribution is 2.35. The molecule has 0 aliphatic carbocycles. The molecule has 5 nitrogen and oxygen atoms in total. The standard InChI is InChI=1S/C13H11ClN2O3/c1-7-12(19-2)11(9(6-16-7)13(17)18)8-3-4-15-10(14)5-8/h3-6H,1-2H3,(H,17,18)/i2D. The van der Waals surface area contributed by atoms with Gasteiger partial charge in [0, 0.05) is 18.0 Å². The van der Waals surface area contributed by atoms with Crippen LogP contribution in [-0.2, 0) is 0 Å². The highest BCUT2D eigenvalue weighted by molar-refractivity contribution is 6.29. The van der Waals surface area contributed by atoms with Crippen molar-refractivity contribution < 1.29 is 16.0 Å². The van der Waals surface area contributed by atoms with Gasteiger partial charge >= 0.3 is 5.97 Å². The lowest BCUT2D eigenvalue weighted by molar-refractivity contribution is 0.0697. The first-order chi connectivity index (χ1) is 9.54. The molecule has 0 aromatic carbocycles. The van der Waals surface area contributed by atoms with E-state index < -0.39 is 5.97 Å². The predicted octanol–water partition coefficient (Wildman–Crippen LogP) is 2.81. The van der Waals surface area contributed by atoms with E-state index in [1.807, 2.05) is 0 Å². The van der Waals surface area contributed by atoms with Crippen LogP contribution >= 0.6 is 11.6 Å². The maximum absolute atomic E-state index is 11.4. The van der Waals surface area contributed by atoms with Crippen LogP contribution in [0.1, 0.15) is 17.4 Å². The Balaban J connectivity index is 2.75. The number of methoxy groups -OCH3 is 1. The van der Waals surface area contributed by atoms with Gasteiger partial charge in [-0.2, -0.15) is 0 Å². The number of carboxylic acids is 1. The predicted molar refractivity (Wildman–Crippen MR) is 70.7 cm³/mol. The molecule has 0 bridgehead atoms. The Bertz CT molecular complexity index is 664. The molecular formula is C13H11ClN2O3. The molecule has 2 aromatic heterocycles. The molecule has 0 saturated heterocycles. The fourth-order valence-corrected chi connectivity index (χ4v) is 1.94. The van der Waals surface area contributed by atoms with Gasteiger partial charge in [-0.25, -0.2) is 9.78 Å². The van der Waals surface area contributed by atoms with Crippen LogP contribution < -0.4 is 4.74 Å². The molecule has 0 fully saturated rings. The Morgan fingerprint density at radius 3 is 2.95 bits per heavy atom. The monoisotopic (exact) mass is 279 g/mol. The molecule has 19 heavy (non-hydrogen) atoms. The lowest BCUT2D eigenvalue weighted by Crippen LogP contribution is -2.05. The zero-order chi connectivity index (χ0) is 14.7. The fourth-order valence-electron chi connectivity index (χ4n) is 1.77. The second kappa shape index (κ2) is 5.24. The number of carbonyl (C=O) groups is 1. The van der Waals surface area contributed by atoms with Crippen LogP contribution in [0.3, 0.4) is 0 Å². The van der Waals surface area contributed by atoms with E-state index in [1.54, 1.807) is 19.1 Å². The van der Waals surface area contributed by atoms with Gasteiger partial charge in [-0.3, -0.25) is 4.98 Å². The van der Waals surface area contributed by atoms with E-state index in [2.05, 4.69) is 9.97 Å². The number of aromatic nitrogens is 2. The number of ether oxygens (including phenoxy) is 1. The average Bonchev–Trinajstić information content (AvgIpc) is 2.40. The van der Waals surface area contributed by atoms with E-state index in [1.165, 1.54) is 12.4 Å². The Hall–Kier alpha value is -2.14. The summed E-state index contributed by atoms with van der Waals surface area (Å²) in [6, 6.07) is 3.17. The summed E-state index contributed by atoms with van der Waals surface area (Å²) < 4.78 is 12.4. The highest BCUT2D eigenvalue weighted by atomic mass is 35.5. The molecule has 0 aliphatic rings.